The molecule has 0 bridgehead atoms. The maximum absolute atomic E-state index is 11.9. The molecule has 1 N–H and O–H groups in total. The first kappa shape index (κ1) is 16.2. The van der Waals surface area contributed by atoms with Crippen molar-refractivity contribution in [3.8, 4) is 0 Å². The van der Waals surface area contributed by atoms with Crippen molar-refractivity contribution in [1.82, 2.24) is 5.32 Å². The van der Waals surface area contributed by atoms with E-state index in [1.54, 1.807) is 12.1 Å². The first-order chi connectivity index (χ1) is 10.3. The molecule has 0 atom stereocenters. The molecule has 0 aliphatic heterocycles. The molecule has 0 saturated carbocycles. The van der Waals surface area contributed by atoms with Crippen molar-refractivity contribution in [3.05, 3.63) is 65.2 Å². The lowest BCUT2D eigenvalue weighted by molar-refractivity contribution is -0.120. The van der Waals surface area contributed by atoms with Gasteiger partial charge in [-0.15, -0.1) is 0 Å². The topological polar surface area (TPSA) is 63.2 Å². The van der Waals surface area contributed by atoms with E-state index < -0.39 is 9.84 Å². The summed E-state index contributed by atoms with van der Waals surface area (Å²) in [6.07, 6.45) is 1.40. The maximum atomic E-state index is 11.9. The minimum absolute atomic E-state index is 0.0892. The standard InChI is InChI=1S/C17H19NO3S/c1-13-4-3-5-15(10-13)12-18-17(19)11-14-6-8-16(9-7-14)22(2,20)21/h3-10H,11-12H2,1-2H3,(H,18,19). The summed E-state index contributed by atoms with van der Waals surface area (Å²) in [4.78, 5) is 12.2. The van der Waals surface area contributed by atoms with Gasteiger partial charge in [-0.3, -0.25) is 4.79 Å². The largest absolute Gasteiger partial charge is 0.352 e. The fraction of sp³-hybridized carbons (Fsp3) is 0.235. The highest BCUT2D eigenvalue weighted by Gasteiger charge is 2.08. The second-order valence-electron chi connectivity index (χ2n) is 5.36. The molecule has 0 fully saturated rings. The molecule has 1 amide bonds. The van der Waals surface area contributed by atoms with E-state index in [9.17, 15) is 13.2 Å². The number of rotatable bonds is 5. The first-order valence-corrected chi connectivity index (χ1v) is 8.85. The van der Waals surface area contributed by atoms with Crippen LogP contribution in [0.3, 0.4) is 0 Å². The highest BCUT2D eigenvalue weighted by atomic mass is 32.2. The summed E-state index contributed by atoms with van der Waals surface area (Å²) in [6, 6.07) is 14.4. The second-order valence-corrected chi connectivity index (χ2v) is 7.37. The lowest BCUT2D eigenvalue weighted by atomic mass is 10.1. The van der Waals surface area contributed by atoms with Gasteiger partial charge < -0.3 is 5.32 Å². The predicted molar refractivity (Wildman–Crippen MR) is 86.3 cm³/mol. The predicted octanol–water partition coefficient (Wildman–Crippen LogP) is 2.26. The van der Waals surface area contributed by atoms with Crippen LogP contribution >= 0.6 is 0 Å². The van der Waals surface area contributed by atoms with Crippen LogP contribution in [0.5, 0.6) is 0 Å². The van der Waals surface area contributed by atoms with Crippen molar-refractivity contribution in [3.63, 3.8) is 0 Å². The maximum Gasteiger partial charge on any atom is 0.224 e. The van der Waals surface area contributed by atoms with Crippen molar-refractivity contribution >= 4 is 15.7 Å². The Labute approximate surface area is 131 Å². The molecule has 0 aliphatic rings. The molecule has 2 rings (SSSR count). The van der Waals surface area contributed by atoms with E-state index in [1.165, 1.54) is 12.1 Å². The molecule has 0 aliphatic carbocycles. The van der Waals surface area contributed by atoms with Gasteiger partial charge in [0.2, 0.25) is 5.91 Å². The summed E-state index contributed by atoms with van der Waals surface area (Å²) in [5, 5.41) is 2.86. The van der Waals surface area contributed by atoms with Gasteiger partial charge in [0, 0.05) is 12.8 Å². The number of carbonyl (C=O) groups is 1. The van der Waals surface area contributed by atoms with Crippen LogP contribution in [0.1, 0.15) is 16.7 Å². The molecule has 0 heterocycles. The Morgan fingerprint density at radius 3 is 2.32 bits per heavy atom. The number of sulfone groups is 1. The third-order valence-electron chi connectivity index (χ3n) is 3.29. The number of aryl methyl sites for hydroxylation is 1. The molecular weight excluding hydrogens is 298 g/mol. The molecule has 4 nitrogen and oxygen atoms in total. The SMILES string of the molecule is Cc1cccc(CNC(=O)Cc2ccc(S(C)(=O)=O)cc2)c1. The normalized spacial score (nSPS) is 11.2. The minimum Gasteiger partial charge on any atom is -0.352 e. The van der Waals surface area contributed by atoms with E-state index in [4.69, 9.17) is 0 Å². The van der Waals surface area contributed by atoms with Crippen molar-refractivity contribution in [2.75, 3.05) is 6.26 Å². The summed E-state index contributed by atoms with van der Waals surface area (Å²) in [6.45, 7) is 2.50. The minimum atomic E-state index is -3.20. The van der Waals surface area contributed by atoms with Crippen molar-refractivity contribution < 1.29 is 13.2 Å². The smallest absolute Gasteiger partial charge is 0.224 e. The molecular formula is C17H19NO3S. The molecule has 116 valence electrons. The van der Waals surface area contributed by atoms with E-state index in [0.717, 1.165) is 22.9 Å². The Bertz CT molecular complexity index is 765. The van der Waals surface area contributed by atoms with Crippen molar-refractivity contribution in [1.29, 1.82) is 0 Å². The van der Waals surface area contributed by atoms with Crippen LogP contribution in [0, 0.1) is 6.92 Å². The number of hydrogen-bond donors (Lipinski definition) is 1. The molecule has 0 unspecified atom stereocenters. The molecule has 22 heavy (non-hydrogen) atoms. The zero-order valence-electron chi connectivity index (χ0n) is 12.7. The molecule has 2 aromatic carbocycles. The number of amides is 1. The molecule has 0 spiro atoms. The van der Waals surface area contributed by atoms with E-state index >= 15 is 0 Å². The summed E-state index contributed by atoms with van der Waals surface area (Å²) < 4.78 is 22.7. The molecule has 0 aromatic heterocycles. The monoisotopic (exact) mass is 317 g/mol. The van der Waals surface area contributed by atoms with E-state index in [0.29, 0.717) is 6.54 Å². The number of carbonyl (C=O) groups excluding carboxylic acids is 1. The highest BCUT2D eigenvalue weighted by molar-refractivity contribution is 7.90. The van der Waals surface area contributed by atoms with Crippen molar-refractivity contribution in [2.45, 2.75) is 24.8 Å². The first-order valence-electron chi connectivity index (χ1n) is 6.96. The summed E-state index contributed by atoms with van der Waals surface area (Å²) in [5.41, 5.74) is 3.00. The van der Waals surface area contributed by atoms with E-state index in [1.807, 2.05) is 31.2 Å². The summed E-state index contributed by atoms with van der Waals surface area (Å²) in [5.74, 6) is -0.0892. The zero-order valence-corrected chi connectivity index (χ0v) is 13.5. The van der Waals surface area contributed by atoms with Crippen LogP contribution in [-0.4, -0.2) is 20.6 Å². The van der Waals surface area contributed by atoms with Gasteiger partial charge in [-0.05, 0) is 30.2 Å². The quantitative estimate of drug-likeness (QED) is 0.920. The van der Waals surface area contributed by atoms with E-state index in [2.05, 4.69) is 5.32 Å². The van der Waals surface area contributed by atoms with Gasteiger partial charge in [0.05, 0.1) is 11.3 Å². The molecule has 2 aromatic rings. The number of benzene rings is 2. The Morgan fingerprint density at radius 2 is 1.73 bits per heavy atom. The lowest BCUT2D eigenvalue weighted by Gasteiger charge is -2.07. The number of hydrogen-bond acceptors (Lipinski definition) is 3. The van der Waals surface area contributed by atoms with Gasteiger partial charge in [-0.2, -0.15) is 0 Å². The molecule has 0 radical (unpaired) electrons. The molecule has 0 saturated heterocycles. The second kappa shape index (κ2) is 6.75. The van der Waals surface area contributed by atoms with Gasteiger partial charge in [0.1, 0.15) is 0 Å². The Hall–Kier alpha value is -2.14. The average molecular weight is 317 g/mol. The third-order valence-corrected chi connectivity index (χ3v) is 4.42. The summed E-state index contributed by atoms with van der Waals surface area (Å²) >= 11 is 0. The van der Waals surface area contributed by atoms with Gasteiger partial charge in [0.25, 0.3) is 0 Å². The summed E-state index contributed by atoms with van der Waals surface area (Å²) in [7, 11) is -3.20. The van der Waals surface area contributed by atoms with Crippen LogP contribution in [0.4, 0.5) is 0 Å². The highest BCUT2D eigenvalue weighted by Crippen LogP contribution is 2.11. The Kier molecular flexibility index (Phi) is 4.98. The van der Waals surface area contributed by atoms with Gasteiger partial charge >= 0.3 is 0 Å². The van der Waals surface area contributed by atoms with Gasteiger partial charge in [-0.25, -0.2) is 8.42 Å². The third kappa shape index (κ3) is 4.70. The fourth-order valence-corrected chi connectivity index (χ4v) is 2.76. The Morgan fingerprint density at radius 1 is 1.05 bits per heavy atom. The average Bonchev–Trinajstić information content (AvgIpc) is 2.45. The van der Waals surface area contributed by atoms with Crippen LogP contribution in [0.2, 0.25) is 0 Å². The Balaban J connectivity index is 1.92. The fourth-order valence-electron chi connectivity index (χ4n) is 2.13. The van der Waals surface area contributed by atoms with Crippen LogP contribution < -0.4 is 5.32 Å². The lowest BCUT2D eigenvalue weighted by Crippen LogP contribution is -2.24. The van der Waals surface area contributed by atoms with Crippen LogP contribution in [0.15, 0.2) is 53.4 Å². The number of nitrogens with one attached hydrogen (secondary N) is 1. The zero-order chi connectivity index (χ0) is 16.2. The van der Waals surface area contributed by atoms with E-state index in [-0.39, 0.29) is 17.2 Å². The van der Waals surface area contributed by atoms with Crippen LogP contribution in [-0.2, 0) is 27.6 Å². The molecule has 5 heteroatoms. The van der Waals surface area contributed by atoms with Gasteiger partial charge in [-0.1, -0.05) is 42.0 Å². The van der Waals surface area contributed by atoms with Crippen molar-refractivity contribution in [2.24, 2.45) is 0 Å². The van der Waals surface area contributed by atoms with Gasteiger partial charge in [0.15, 0.2) is 9.84 Å². The van der Waals surface area contributed by atoms with Crippen LogP contribution in [0.25, 0.3) is 0 Å².